The Kier molecular flexibility index (Phi) is 4.94. The number of hydrogen-bond donors (Lipinski definition) is 1. The molecule has 3 heteroatoms. The van der Waals surface area contributed by atoms with Crippen LogP contribution in [0.5, 0.6) is 0 Å². The van der Waals surface area contributed by atoms with E-state index in [2.05, 4.69) is 5.92 Å². The molecular weight excluding hydrogens is 210 g/mol. The van der Waals surface area contributed by atoms with Crippen LogP contribution in [0, 0.1) is 24.0 Å². The predicted molar refractivity (Wildman–Crippen MR) is 58.8 cm³/mol. The molecule has 0 aromatic heterocycles. The van der Waals surface area contributed by atoms with Crippen LogP contribution in [0.1, 0.15) is 24.8 Å². The van der Waals surface area contributed by atoms with Crippen molar-refractivity contribution in [2.24, 2.45) is 0 Å². The van der Waals surface area contributed by atoms with Crippen LogP contribution >= 0.6 is 0 Å². The number of hydrogen-bond acceptors (Lipinski definition) is 1. The first-order chi connectivity index (χ1) is 7.61. The second kappa shape index (κ2) is 6.24. The second-order valence-electron chi connectivity index (χ2n) is 3.73. The Morgan fingerprint density at radius 3 is 2.44 bits per heavy atom. The van der Waals surface area contributed by atoms with Crippen molar-refractivity contribution < 1.29 is 13.9 Å². The van der Waals surface area contributed by atoms with Gasteiger partial charge >= 0.3 is 0 Å². The molecular formula is C13H14F2O. The smallest absolute Gasteiger partial charge is 0.126 e. The van der Waals surface area contributed by atoms with Crippen molar-refractivity contribution in [3.05, 3.63) is 35.4 Å². The van der Waals surface area contributed by atoms with Gasteiger partial charge in [0.2, 0.25) is 0 Å². The molecule has 0 fully saturated rings. The van der Waals surface area contributed by atoms with E-state index in [4.69, 9.17) is 6.42 Å². The van der Waals surface area contributed by atoms with E-state index in [1.54, 1.807) is 0 Å². The molecule has 0 saturated carbocycles. The standard InChI is InChI=1S/C13H14F2O/c1-2-3-4-5-13(16)8-10-6-11(14)9-12(15)7-10/h1,6-7,9,13,16H,3-5,8H2. The number of aliphatic hydroxyl groups excluding tert-OH is 1. The average molecular weight is 224 g/mol. The molecule has 1 nitrogen and oxygen atoms in total. The molecule has 1 aromatic rings. The highest BCUT2D eigenvalue weighted by atomic mass is 19.1. The Balaban J connectivity index is 2.49. The normalized spacial score (nSPS) is 12.1. The zero-order valence-corrected chi connectivity index (χ0v) is 8.92. The Hall–Kier alpha value is -1.40. The van der Waals surface area contributed by atoms with E-state index in [0.29, 0.717) is 18.4 Å². The van der Waals surface area contributed by atoms with E-state index in [1.807, 2.05) is 0 Å². The van der Waals surface area contributed by atoms with E-state index in [0.717, 1.165) is 12.5 Å². The largest absolute Gasteiger partial charge is 0.393 e. The van der Waals surface area contributed by atoms with Gasteiger partial charge in [-0.3, -0.25) is 0 Å². The maximum atomic E-state index is 12.8. The molecule has 1 rings (SSSR count). The van der Waals surface area contributed by atoms with Crippen molar-refractivity contribution in [3.8, 4) is 12.3 Å². The van der Waals surface area contributed by atoms with Crippen LogP contribution in [0.2, 0.25) is 0 Å². The SMILES string of the molecule is C#CCCCC(O)Cc1cc(F)cc(F)c1. The summed E-state index contributed by atoms with van der Waals surface area (Å²) in [5, 5.41) is 9.60. The summed E-state index contributed by atoms with van der Waals surface area (Å²) >= 11 is 0. The van der Waals surface area contributed by atoms with Crippen LogP contribution in [0.3, 0.4) is 0 Å². The summed E-state index contributed by atoms with van der Waals surface area (Å²) in [6.07, 6.45) is 6.59. The highest BCUT2D eigenvalue weighted by molar-refractivity contribution is 5.18. The molecule has 1 atom stereocenters. The van der Waals surface area contributed by atoms with Crippen LogP contribution in [0.25, 0.3) is 0 Å². The lowest BCUT2D eigenvalue weighted by atomic mass is 10.0. The van der Waals surface area contributed by atoms with Gasteiger partial charge in [0.05, 0.1) is 6.10 Å². The molecule has 0 aliphatic carbocycles. The highest BCUT2D eigenvalue weighted by Crippen LogP contribution is 2.12. The lowest BCUT2D eigenvalue weighted by molar-refractivity contribution is 0.162. The first-order valence-corrected chi connectivity index (χ1v) is 5.18. The average Bonchev–Trinajstić information content (AvgIpc) is 2.16. The predicted octanol–water partition coefficient (Wildman–Crippen LogP) is 2.67. The number of unbranched alkanes of at least 4 members (excludes halogenated alkanes) is 1. The molecule has 0 heterocycles. The fourth-order valence-electron chi connectivity index (χ4n) is 1.54. The lowest BCUT2D eigenvalue weighted by Crippen LogP contribution is -2.10. The van der Waals surface area contributed by atoms with Crippen LogP contribution in [-0.4, -0.2) is 11.2 Å². The van der Waals surface area contributed by atoms with E-state index in [9.17, 15) is 13.9 Å². The lowest BCUT2D eigenvalue weighted by Gasteiger charge is -2.09. The van der Waals surface area contributed by atoms with Gasteiger partial charge in [-0.1, -0.05) is 0 Å². The minimum Gasteiger partial charge on any atom is -0.393 e. The van der Waals surface area contributed by atoms with Crippen molar-refractivity contribution in [1.29, 1.82) is 0 Å². The first-order valence-electron chi connectivity index (χ1n) is 5.18. The molecule has 86 valence electrons. The van der Waals surface area contributed by atoms with Crippen molar-refractivity contribution in [2.75, 3.05) is 0 Å². The van der Waals surface area contributed by atoms with Gasteiger partial charge in [0.1, 0.15) is 11.6 Å². The quantitative estimate of drug-likeness (QED) is 0.602. The van der Waals surface area contributed by atoms with Crippen molar-refractivity contribution in [1.82, 2.24) is 0 Å². The third-order valence-corrected chi connectivity index (χ3v) is 2.25. The summed E-state index contributed by atoms with van der Waals surface area (Å²) in [5.41, 5.74) is 0.464. The fraction of sp³-hybridized carbons (Fsp3) is 0.385. The molecule has 16 heavy (non-hydrogen) atoms. The Morgan fingerprint density at radius 1 is 1.25 bits per heavy atom. The van der Waals surface area contributed by atoms with Crippen LogP contribution in [0.15, 0.2) is 18.2 Å². The maximum absolute atomic E-state index is 12.8. The molecule has 1 unspecified atom stereocenters. The Labute approximate surface area is 94.1 Å². The minimum absolute atomic E-state index is 0.249. The molecule has 1 N–H and O–H groups in total. The van der Waals surface area contributed by atoms with Gasteiger partial charge in [0.15, 0.2) is 0 Å². The third kappa shape index (κ3) is 4.41. The topological polar surface area (TPSA) is 20.2 Å². The van der Waals surface area contributed by atoms with Gasteiger partial charge in [-0.05, 0) is 37.0 Å². The summed E-state index contributed by atoms with van der Waals surface area (Å²) in [6.45, 7) is 0. The molecule has 0 aliphatic heterocycles. The van der Waals surface area contributed by atoms with Gasteiger partial charge in [-0.2, -0.15) is 0 Å². The van der Waals surface area contributed by atoms with Crippen LogP contribution < -0.4 is 0 Å². The van der Waals surface area contributed by atoms with Gasteiger partial charge in [0, 0.05) is 12.5 Å². The summed E-state index contributed by atoms with van der Waals surface area (Å²) < 4.78 is 25.7. The minimum atomic E-state index is -0.620. The summed E-state index contributed by atoms with van der Waals surface area (Å²) in [4.78, 5) is 0. The monoisotopic (exact) mass is 224 g/mol. The number of terminal acetylenes is 1. The third-order valence-electron chi connectivity index (χ3n) is 2.25. The molecule has 0 bridgehead atoms. The van der Waals surface area contributed by atoms with Gasteiger partial charge in [0.25, 0.3) is 0 Å². The van der Waals surface area contributed by atoms with E-state index >= 15 is 0 Å². The summed E-state index contributed by atoms with van der Waals surface area (Å²) in [5.74, 6) is 1.23. The van der Waals surface area contributed by atoms with Crippen molar-refractivity contribution >= 4 is 0 Å². The van der Waals surface area contributed by atoms with Gasteiger partial charge < -0.3 is 5.11 Å². The first kappa shape index (κ1) is 12.7. The van der Waals surface area contributed by atoms with Crippen LogP contribution in [-0.2, 0) is 6.42 Å². The van der Waals surface area contributed by atoms with E-state index in [-0.39, 0.29) is 6.42 Å². The highest BCUT2D eigenvalue weighted by Gasteiger charge is 2.07. The number of aliphatic hydroxyl groups is 1. The number of rotatable bonds is 5. The molecule has 1 aromatic carbocycles. The molecule has 0 radical (unpaired) electrons. The van der Waals surface area contributed by atoms with Crippen molar-refractivity contribution in [3.63, 3.8) is 0 Å². The van der Waals surface area contributed by atoms with Gasteiger partial charge in [-0.25, -0.2) is 8.78 Å². The van der Waals surface area contributed by atoms with Gasteiger partial charge in [-0.15, -0.1) is 12.3 Å². The second-order valence-corrected chi connectivity index (χ2v) is 3.73. The summed E-state index contributed by atoms with van der Waals surface area (Å²) in [6, 6.07) is 3.27. The van der Waals surface area contributed by atoms with E-state index in [1.165, 1.54) is 12.1 Å². The maximum Gasteiger partial charge on any atom is 0.126 e. The Morgan fingerprint density at radius 2 is 1.88 bits per heavy atom. The number of benzene rings is 1. The number of halogens is 2. The summed E-state index contributed by atoms with van der Waals surface area (Å²) in [7, 11) is 0. The Bertz CT molecular complexity index is 362. The van der Waals surface area contributed by atoms with Crippen molar-refractivity contribution in [2.45, 2.75) is 31.8 Å². The fourth-order valence-corrected chi connectivity index (χ4v) is 1.54. The molecule has 0 aliphatic rings. The zero-order chi connectivity index (χ0) is 12.0. The van der Waals surface area contributed by atoms with E-state index < -0.39 is 17.7 Å². The molecule has 0 spiro atoms. The molecule has 0 saturated heterocycles. The zero-order valence-electron chi connectivity index (χ0n) is 8.92. The molecule has 0 amide bonds. The van der Waals surface area contributed by atoms with Crippen LogP contribution in [0.4, 0.5) is 8.78 Å².